The van der Waals surface area contributed by atoms with Gasteiger partial charge in [0.25, 0.3) is 5.92 Å². The first-order valence-electron chi connectivity index (χ1n) is 16.6. The molecule has 1 saturated heterocycles. The van der Waals surface area contributed by atoms with Crippen LogP contribution in [0.3, 0.4) is 0 Å². The third-order valence-electron chi connectivity index (χ3n) is 10.6. The van der Waals surface area contributed by atoms with E-state index in [4.69, 9.17) is 14.2 Å². The number of ether oxygens (including phenoxy) is 3. The van der Waals surface area contributed by atoms with Crippen molar-refractivity contribution in [2.45, 2.75) is 103 Å². The number of benzene rings is 1. The van der Waals surface area contributed by atoms with Gasteiger partial charge in [0.1, 0.15) is 36.0 Å². The van der Waals surface area contributed by atoms with E-state index >= 15 is 8.78 Å². The summed E-state index contributed by atoms with van der Waals surface area (Å²) in [4.78, 5) is 45.9. The summed E-state index contributed by atoms with van der Waals surface area (Å²) in [5.74, 6) is -2.70. The lowest BCUT2D eigenvalue weighted by atomic mass is 9.85. The summed E-state index contributed by atoms with van der Waals surface area (Å²) < 4.78 is 50.0. The number of pyridine rings is 1. The molecule has 2 aromatic rings. The minimum absolute atomic E-state index is 0.0146. The van der Waals surface area contributed by atoms with E-state index in [-0.39, 0.29) is 30.7 Å². The highest BCUT2D eigenvalue weighted by Gasteiger charge is 2.55. The van der Waals surface area contributed by atoms with E-state index in [2.05, 4.69) is 10.3 Å². The molecule has 2 amide bonds. The summed E-state index contributed by atoms with van der Waals surface area (Å²) in [5.41, 5.74) is -0.767. The Morgan fingerprint density at radius 1 is 1.11 bits per heavy atom. The van der Waals surface area contributed by atoms with E-state index in [1.54, 1.807) is 24.3 Å². The summed E-state index contributed by atoms with van der Waals surface area (Å²) in [7, 11) is 1.53. The van der Waals surface area contributed by atoms with Crippen molar-refractivity contribution in [3.8, 4) is 11.5 Å². The first kappa shape index (κ1) is 32.4. The topological polar surface area (TPSA) is 107 Å². The van der Waals surface area contributed by atoms with Gasteiger partial charge in [0.15, 0.2) is 5.69 Å². The lowest BCUT2D eigenvalue weighted by Gasteiger charge is -2.35. The van der Waals surface area contributed by atoms with E-state index in [1.165, 1.54) is 12.0 Å². The molecule has 9 nitrogen and oxygen atoms in total. The minimum Gasteiger partial charge on any atom is -0.497 e. The normalized spacial score (nSPS) is 33.0. The number of carbonyl (C=O) groups excluding carboxylic acids is 3. The van der Waals surface area contributed by atoms with Crippen molar-refractivity contribution in [2.75, 3.05) is 13.7 Å². The van der Waals surface area contributed by atoms with Crippen LogP contribution in [0.4, 0.5) is 13.6 Å². The standard InChI is InChI=1S/C35H45F2N3O6/c1-6-22-26(18-41)40-17-29(22)45-28-16-20-13-21(44-5)10-11-25(20)38-30(28)35(36,37)12-8-7-9-23-24-14-19(24)15-27(23)46-33(43)39-31(32(40)42)34(2,3)4/h10-11,13,16,18-19,22-24,26-27,29,31H,6-9,12,14-15,17H2,1-5H3,(H,39,43)/t19?,22-,23+,24?,26+,27+,29-,31+/m0/s1. The van der Waals surface area contributed by atoms with E-state index in [9.17, 15) is 14.4 Å². The van der Waals surface area contributed by atoms with Gasteiger partial charge < -0.3 is 29.2 Å². The Morgan fingerprint density at radius 3 is 2.59 bits per heavy atom. The molecule has 2 bridgehead atoms. The fourth-order valence-electron chi connectivity index (χ4n) is 8.02. The zero-order valence-electron chi connectivity index (χ0n) is 27.3. The number of carbonyl (C=O) groups is 3. The highest BCUT2D eigenvalue weighted by Crippen LogP contribution is 2.58. The first-order valence-corrected chi connectivity index (χ1v) is 16.6. The molecule has 0 radical (unpaired) electrons. The van der Waals surface area contributed by atoms with Crippen LogP contribution in [-0.2, 0) is 20.2 Å². The molecule has 8 atom stereocenters. The Bertz CT molecular complexity index is 1490. The number of fused-ring (bicyclic) bond motifs is 7. The number of halogens is 2. The fraction of sp³-hybridized carbons (Fsp3) is 0.657. The summed E-state index contributed by atoms with van der Waals surface area (Å²) in [6.07, 6.45) is 2.34. The molecule has 6 rings (SSSR count). The number of alkyl halides is 2. The van der Waals surface area contributed by atoms with Crippen molar-refractivity contribution in [2.24, 2.45) is 29.1 Å². The van der Waals surface area contributed by atoms with Gasteiger partial charge in [-0.05, 0) is 79.5 Å². The van der Waals surface area contributed by atoms with Crippen LogP contribution in [0.5, 0.6) is 11.5 Å². The van der Waals surface area contributed by atoms with Gasteiger partial charge in [-0.1, -0.05) is 34.1 Å². The molecule has 11 heteroatoms. The third kappa shape index (κ3) is 6.13. The van der Waals surface area contributed by atoms with Crippen LogP contribution in [0.1, 0.15) is 78.3 Å². The van der Waals surface area contributed by atoms with Crippen molar-refractivity contribution in [1.29, 1.82) is 0 Å². The molecule has 2 aliphatic carbocycles. The molecule has 3 fully saturated rings. The van der Waals surface area contributed by atoms with E-state index in [0.29, 0.717) is 54.0 Å². The summed E-state index contributed by atoms with van der Waals surface area (Å²) in [6, 6.07) is 4.76. The van der Waals surface area contributed by atoms with E-state index < -0.39 is 59.6 Å². The molecule has 0 spiro atoms. The molecule has 250 valence electrons. The Morgan fingerprint density at radius 2 is 1.89 bits per heavy atom. The SMILES string of the molecule is CC[C@@H]1[C@@H]2CN(C(=O)[C@H](C(C)(C)C)NC(=O)O[C@@H]3CC4CC4[C@H]3CCCCC(F)(F)c3nc4ccc(OC)cc4cc3O2)[C@@H]1C=O. The molecule has 1 aromatic heterocycles. The van der Waals surface area contributed by atoms with Gasteiger partial charge in [-0.2, -0.15) is 8.78 Å². The van der Waals surface area contributed by atoms with Crippen LogP contribution in [0.25, 0.3) is 10.9 Å². The smallest absolute Gasteiger partial charge is 0.408 e. The summed E-state index contributed by atoms with van der Waals surface area (Å²) >= 11 is 0. The molecule has 2 saturated carbocycles. The number of aromatic nitrogens is 1. The molecule has 1 aromatic carbocycles. The number of amides is 2. The number of hydrogen-bond acceptors (Lipinski definition) is 7. The number of alkyl carbamates (subject to hydrolysis) is 1. The molecule has 2 aliphatic heterocycles. The largest absolute Gasteiger partial charge is 0.497 e. The van der Waals surface area contributed by atoms with Gasteiger partial charge in [-0.25, -0.2) is 9.78 Å². The molecule has 2 unspecified atom stereocenters. The van der Waals surface area contributed by atoms with Crippen molar-refractivity contribution in [1.82, 2.24) is 15.2 Å². The van der Waals surface area contributed by atoms with Crippen molar-refractivity contribution in [3.05, 3.63) is 30.0 Å². The maximum Gasteiger partial charge on any atom is 0.408 e. The number of nitrogens with zero attached hydrogens (tertiary/aromatic N) is 2. The van der Waals surface area contributed by atoms with Crippen LogP contribution in [-0.4, -0.2) is 66.1 Å². The van der Waals surface area contributed by atoms with E-state index in [0.717, 1.165) is 12.8 Å². The average Bonchev–Trinajstić information content (AvgIpc) is 3.55. The Kier molecular flexibility index (Phi) is 8.65. The second-order valence-electron chi connectivity index (χ2n) is 14.6. The number of hydrogen-bond donors (Lipinski definition) is 1. The number of nitrogens with one attached hydrogen (secondary N) is 1. The third-order valence-corrected chi connectivity index (χ3v) is 10.6. The predicted molar refractivity (Wildman–Crippen MR) is 167 cm³/mol. The van der Waals surface area contributed by atoms with Gasteiger partial charge in [-0.15, -0.1) is 0 Å². The summed E-state index contributed by atoms with van der Waals surface area (Å²) in [5, 5.41) is 3.41. The second-order valence-corrected chi connectivity index (χ2v) is 14.6. The Labute approximate surface area is 268 Å². The fourth-order valence-corrected chi connectivity index (χ4v) is 8.02. The second kappa shape index (κ2) is 12.3. The van der Waals surface area contributed by atoms with Crippen LogP contribution < -0.4 is 14.8 Å². The highest BCUT2D eigenvalue weighted by atomic mass is 19.3. The lowest BCUT2D eigenvalue weighted by molar-refractivity contribution is -0.139. The Hall–Kier alpha value is -3.50. The molecule has 46 heavy (non-hydrogen) atoms. The zero-order chi connectivity index (χ0) is 33.0. The highest BCUT2D eigenvalue weighted by molar-refractivity contribution is 5.89. The molecule has 1 N–H and O–H groups in total. The number of methoxy groups -OCH3 is 1. The minimum atomic E-state index is -3.29. The Balaban J connectivity index is 1.41. The number of aldehydes is 1. The van der Waals surface area contributed by atoms with E-state index in [1.807, 2.05) is 27.7 Å². The summed E-state index contributed by atoms with van der Waals surface area (Å²) in [6.45, 7) is 7.39. The van der Waals surface area contributed by atoms with Gasteiger partial charge in [0.05, 0.1) is 25.2 Å². The van der Waals surface area contributed by atoms with Gasteiger partial charge in [0, 0.05) is 17.7 Å². The van der Waals surface area contributed by atoms with Crippen molar-refractivity contribution in [3.63, 3.8) is 0 Å². The predicted octanol–water partition coefficient (Wildman–Crippen LogP) is 6.26. The van der Waals surface area contributed by atoms with Gasteiger partial charge in [-0.3, -0.25) is 4.79 Å². The molecular weight excluding hydrogens is 596 g/mol. The molecule has 4 aliphatic rings. The average molecular weight is 642 g/mol. The maximum atomic E-state index is 16.2. The lowest BCUT2D eigenvalue weighted by Crippen LogP contribution is -2.56. The molecule has 3 heterocycles. The van der Waals surface area contributed by atoms with Crippen LogP contribution in [0.15, 0.2) is 24.3 Å². The van der Waals surface area contributed by atoms with Crippen molar-refractivity contribution < 1.29 is 37.4 Å². The number of rotatable bonds is 3. The quantitative estimate of drug-likeness (QED) is 0.395. The zero-order valence-corrected chi connectivity index (χ0v) is 27.3. The van der Waals surface area contributed by atoms with Gasteiger partial charge in [0.2, 0.25) is 5.91 Å². The maximum absolute atomic E-state index is 16.2. The first-order chi connectivity index (χ1) is 21.8. The van der Waals surface area contributed by atoms with Gasteiger partial charge >= 0.3 is 6.09 Å². The van der Waals surface area contributed by atoms with Crippen LogP contribution in [0, 0.1) is 29.1 Å². The van der Waals surface area contributed by atoms with Crippen LogP contribution in [0.2, 0.25) is 0 Å². The molecular formula is C35H45F2N3O6. The van der Waals surface area contributed by atoms with Crippen LogP contribution >= 0.6 is 0 Å². The van der Waals surface area contributed by atoms with Crippen molar-refractivity contribution >= 4 is 29.2 Å². The monoisotopic (exact) mass is 641 g/mol.